The maximum Gasteiger partial charge on any atom is 0.0459 e. The second kappa shape index (κ2) is 5.91. The van der Waals surface area contributed by atoms with Crippen LogP contribution >= 0.6 is 11.6 Å². The first-order valence-electron chi connectivity index (χ1n) is 6.56. The van der Waals surface area contributed by atoms with E-state index in [9.17, 15) is 0 Å². The smallest absolute Gasteiger partial charge is 0.0459 e. The number of nitrogens with two attached hydrogens (primary N) is 1. The molecule has 4 heteroatoms. The summed E-state index contributed by atoms with van der Waals surface area (Å²) in [6.45, 7) is 6.10. The van der Waals surface area contributed by atoms with Crippen LogP contribution in [0.3, 0.4) is 0 Å². The van der Waals surface area contributed by atoms with Crippen LogP contribution in [-0.2, 0) is 6.42 Å². The molecule has 1 aliphatic rings. The van der Waals surface area contributed by atoms with Gasteiger partial charge in [-0.3, -0.25) is 0 Å². The normalized spacial score (nSPS) is 21.3. The third-order valence-electron chi connectivity index (χ3n) is 3.79. The van der Waals surface area contributed by atoms with Crippen molar-refractivity contribution in [3.63, 3.8) is 0 Å². The highest BCUT2D eigenvalue weighted by Gasteiger charge is 2.22. The highest BCUT2D eigenvalue weighted by Crippen LogP contribution is 2.29. The van der Waals surface area contributed by atoms with Crippen LogP contribution in [0, 0.1) is 0 Å². The molecule has 1 aromatic rings. The predicted octanol–water partition coefficient (Wildman–Crippen LogP) is 1.98. The fourth-order valence-corrected chi connectivity index (χ4v) is 2.77. The highest BCUT2D eigenvalue weighted by molar-refractivity contribution is 6.31. The lowest BCUT2D eigenvalue weighted by Gasteiger charge is -2.40. The Morgan fingerprint density at radius 1 is 1.39 bits per heavy atom. The standard InChI is InChI=1S/C14H22ClN3/c1-11-10-18(9-8-17(11)2)14-5-3-4-13(15)12(14)6-7-16/h3-5,11H,6-10,16H2,1-2H3. The maximum absolute atomic E-state index is 6.30. The summed E-state index contributed by atoms with van der Waals surface area (Å²) in [4.78, 5) is 4.82. The molecular formula is C14H22ClN3. The number of piperazine rings is 1. The zero-order valence-electron chi connectivity index (χ0n) is 11.2. The van der Waals surface area contributed by atoms with E-state index in [1.165, 1.54) is 11.3 Å². The van der Waals surface area contributed by atoms with Crippen molar-refractivity contribution in [2.45, 2.75) is 19.4 Å². The van der Waals surface area contributed by atoms with Gasteiger partial charge in [0.15, 0.2) is 0 Å². The number of likely N-dealkylation sites (N-methyl/N-ethyl adjacent to an activating group) is 1. The average Bonchev–Trinajstić information content (AvgIpc) is 2.35. The Morgan fingerprint density at radius 2 is 2.17 bits per heavy atom. The van der Waals surface area contributed by atoms with Crippen molar-refractivity contribution in [3.8, 4) is 0 Å². The molecule has 2 N–H and O–H groups in total. The molecule has 0 radical (unpaired) electrons. The van der Waals surface area contributed by atoms with Gasteiger partial charge in [0.25, 0.3) is 0 Å². The first kappa shape index (κ1) is 13.7. The van der Waals surface area contributed by atoms with Crippen molar-refractivity contribution >= 4 is 17.3 Å². The Labute approximate surface area is 115 Å². The molecule has 0 bridgehead atoms. The van der Waals surface area contributed by atoms with Gasteiger partial charge in [0.1, 0.15) is 0 Å². The number of nitrogens with zero attached hydrogens (tertiary/aromatic N) is 2. The minimum atomic E-state index is 0.573. The monoisotopic (exact) mass is 267 g/mol. The molecule has 100 valence electrons. The largest absolute Gasteiger partial charge is 0.368 e. The van der Waals surface area contributed by atoms with Crippen molar-refractivity contribution in [2.24, 2.45) is 5.73 Å². The fourth-order valence-electron chi connectivity index (χ4n) is 2.50. The molecule has 1 heterocycles. The molecule has 3 nitrogen and oxygen atoms in total. The number of hydrogen-bond acceptors (Lipinski definition) is 3. The van der Waals surface area contributed by atoms with Crippen LogP contribution in [0.15, 0.2) is 18.2 Å². The van der Waals surface area contributed by atoms with E-state index in [1.54, 1.807) is 0 Å². The lowest BCUT2D eigenvalue weighted by atomic mass is 10.1. The van der Waals surface area contributed by atoms with Crippen LogP contribution in [0.4, 0.5) is 5.69 Å². The van der Waals surface area contributed by atoms with E-state index >= 15 is 0 Å². The van der Waals surface area contributed by atoms with Gasteiger partial charge in [-0.05, 0) is 44.6 Å². The van der Waals surface area contributed by atoms with Gasteiger partial charge in [0.05, 0.1) is 0 Å². The molecule has 18 heavy (non-hydrogen) atoms. The van der Waals surface area contributed by atoms with Crippen LogP contribution in [-0.4, -0.2) is 44.2 Å². The number of anilines is 1. The summed E-state index contributed by atoms with van der Waals surface area (Å²) in [5.74, 6) is 0. The summed E-state index contributed by atoms with van der Waals surface area (Å²) >= 11 is 6.30. The SMILES string of the molecule is CC1CN(c2cccc(Cl)c2CCN)CCN1C. The number of halogens is 1. The molecule has 1 atom stereocenters. The van der Waals surface area contributed by atoms with Crippen molar-refractivity contribution in [2.75, 3.05) is 38.1 Å². The van der Waals surface area contributed by atoms with Crippen LogP contribution < -0.4 is 10.6 Å². The van der Waals surface area contributed by atoms with Gasteiger partial charge in [-0.25, -0.2) is 0 Å². The van der Waals surface area contributed by atoms with E-state index in [4.69, 9.17) is 17.3 Å². The molecule has 1 aromatic carbocycles. The van der Waals surface area contributed by atoms with Crippen LogP contribution in [0.25, 0.3) is 0 Å². The van der Waals surface area contributed by atoms with Gasteiger partial charge < -0.3 is 15.5 Å². The minimum Gasteiger partial charge on any atom is -0.368 e. The molecule has 1 aliphatic heterocycles. The van der Waals surface area contributed by atoms with Crippen LogP contribution in [0.2, 0.25) is 5.02 Å². The maximum atomic E-state index is 6.30. The summed E-state index contributed by atoms with van der Waals surface area (Å²) in [7, 11) is 2.18. The van der Waals surface area contributed by atoms with Crippen molar-refractivity contribution < 1.29 is 0 Å². The average molecular weight is 268 g/mol. The van der Waals surface area contributed by atoms with E-state index in [0.717, 1.165) is 31.1 Å². The Morgan fingerprint density at radius 3 is 2.83 bits per heavy atom. The lowest BCUT2D eigenvalue weighted by Crippen LogP contribution is -2.50. The molecule has 0 aliphatic carbocycles. The first-order valence-corrected chi connectivity index (χ1v) is 6.94. The van der Waals surface area contributed by atoms with Crippen molar-refractivity contribution in [3.05, 3.63) is 28.8 Å². The van der Waals surface area contributed by atoms with Crippen LogP contribution in [0.1, 0.15) is 12.5 Å². The van der Waals surface area contributed by atoms with E-state index in [1.807, 2.05) is 12.1 Å². The molecule has 0 spiro atoms. The Kier molecular flexibility index (Phi) is 4.49. The number of benzene rings is 1. The van der Waals surface area contributed by atoms with Gasteiger partial charge in [-0.15, -0.1) is 0 Å². The quantitative estimate of drug-likeness (QED) is 0.909. The molecule has 2 rings (SSSR count). The molecule has 1 saturated heterocycles. The summed E-state index contributed by atoms with van der Waals surface area (Å²) in [6, 6.07) is 6.72. The van der Waals surface area contributed by atoms with Gasteiger partial charge >= 0.3 is 0 Å². The zero-order valence-corrected chi connectivity index (χ0v) is 12.0. The van der Waals surface area contributed by atoms with Gasteiger partial charge in [0, 0.05) is 36.4 Å². The van der Waals surface area contributed by atoms with E-state index in [-0.39, 0.29) is 0 Å². The molecule has 0 amide bonds. The second-order valence-electron chi connectivity index (χ2n) is 5.05. The van der Waals surface area contributed by atoms with Gasteiger partial charge in [0.2, 0.25) is 0 Å². The molecular weight excluding hydrogens is 246 g/mol. The van der Waals surface area contributed by atoms with Crippen molar-refractivity contribution in [1.29, 1.82) is 0 Å². The van der Waals surface area contributed by atoms with E-state index in [2.05, 4.69) is 29.8 Å². The number of rotatable bonds is 3. The van der Waals surface area contributed by atoms with E-state index < -0.39 is 0 Å². The van der Waals surface area contributed by atoms with E-state index in [0.29, 0.717) is 12.6 Å². The second-order valence-corrected chi connectivity index (χ2v) is 5.46. The Hall–Kier alpha value is -0.770. The summed E-state index contributed by atoms with van der Waals surface area (Å²) in [5.41, 5.74) is 8.14. The zero-order chi connectivity index (χ0) is 13.1. The number of hydrogen-bond donors (Lipinski definition) is 1. The lowest BCUT2D eigenvalue weighted by molar-refractivity contribution is 0.234. The van der Waals surface area contributed by atoms with Crippen LogP contribution in [0.5, 0.6) is 0 Å². The Balaban J connectivity index is 2.25. The first-order chi connectivity index (χ1) is 8.63. The van der Waals surface area contributed by atoms with Gasteiger partial charge in [-0.1, -0.05) is 17.7 Å². The molecule has 1 fully saturated rings. The Bertz CT molecular complexity index is 408. The minimum absolute atomic E-state index is 0.573. The van der Waals surface area contributed by atoms with Gasteiger partial charge in [-0.2, -0.15) is 0 Å². The summed E-state index contributed by atoms with van der Waals surface area (Å²) in [5, 5.41) is 0.838. The molecule has 0 aromatic heterocycles. The highest BCUT2D eigenvalue weighted by atomic mass is 35.5. The third-order valence-corrected chi connectivity index (χ3v) is 4.14. The third kappa shape index (κ3) is 2.79. The summed E-state index contributed by atoms with van der Waals surface area (Å²) < 4.78 is 0. The fraction of sp³-hybridized carbons (Fsp3) is 0.571. The topological polar surface area (TPSA) is 32.5 Å². The summed E-state index contributed by atoms with van der Waals surface area (Å²) in [6.07, 6.45) is 0.843. The predicted molar refractivity (Wildman–Crippen MR) is 78.5 cm³/mol. The van der Waals surface area contributed by atoms with Crippen molar-refractivity contribution in [1.82, 2.24) is 4.90 Å². The molecule has 1 unspecified atom stereocenters. The molecule has 0 saturated carbocycles.